The molecular formula is C29H42N7O7PS. The van der Waals surface area contributed by atoms with Gasteiger partial charge in [0.1, 0.15) is 18.1 Å². The van der Waals surface area contributed by atoms with Gasteiger partial charge in [-0.1, -0.05) is 62.9 Å². The number of amides is 1. The molecular weight excluding hydrogens is 621 g/mol. The molecule has 4 atom stereocenters. The van der Waals surface area contributed by atoms with Gasteiger partial charge in [0.05, 0.1) is 32.3 Å². The second kappa shape index (κ2) is 16.0. The van der Waals surface area contributed by atoms with Crippen molar-refractivity contribution in [2.45, 2.75) is 59.4 Å². The molecule has 0 aliphatic carbocycles. The summed E-state index contributed by atoms with van der Waals surface area (Å²) in [6, 6.07) is 9.49. The van der Waals surface area contributed by atoms with Gasteiger partial charge in [0.25, 0.3) is 0 Å². The molecule has 1 aromatic carbocycles. The summed E-state index contributed by atoms with van der Waals surface area (Å²) in [5.74, 6) is 0.649. The van der Waals surface area contributed by atoms with Crippen LogP contribution < -0.4 is 16.1 Å². The van der Waals surface area contributed by atoms with E-state index in [4.69, 9.17) is 24.3 Å². The number of alkyl carbamates (subject to hydrolysis) is 1. The molecule has 16 heteroatoms. The van der Waals surface area contributed by atoms with Crippen LogP contribution in [0.2, 0.25) is 0 Å². The molecule has 0 radical (unpaired) electrons. The van der Waals surface area contributed by atoms with E-state index in [0.29, 0.717) is 36.4 Å². The lowest BCUT2D eigenvalue weighted by Crippen LogP contribution is -2.31. The van der Waals surface area contributed by atoms with E-state index in [-0.39, 0.29) is 55.5 Å². The molecule has 3 heterocycles. The summed E-state index contributed by atoms with van der Waals surface area (Å²) in [4.78, 5) is 37.0. The van der Waals surface area contributed by atoms with Crippen LogP contribution in [0.4, 0.5) is 10.6 Å². The lowest BCUT2D eigenvalue weighted by atomic mass is 9.91. The topological polar surface area (TPSA) is 182 Å². The average Bonchev–Trinajstić information content (AvgIpc) is 3.61. The van der Waals surface area contributed by atoms with Crippen molar-refractivity contribution in [3.63, 3.8) is 0 Å². The Morgan fingerprint density at radius 2 is 1.98 bits per heavy atom. The lowest BCUT2D eigenvalue weighted by Gasteiger charge is -2.23. The highest BCUT2D eigenvalue weighted by Gasteiger charge is 2.37. The average molecular weight is 664 g/mol. The van der Waals surface area contributed by atoms with Crippen molar-refractivity contribution in [1.29, 1.82) is 0 Å². The number of rotatable bonds is 16. The molecule has 0 bridgehead atoms. The van der Waals surface area contributed by atoms with Crippen molar-refractivity contribution in [3.8, 4) is 0 Å². The number of hydrogen-bond donors (Lipinski definition) is 3. The van der Waals surface area contributed by atoms with Gasteiger partial charge in [-0.25, -0.2) is 29.4 Å². The number of nitrogens with two attached hydrogens (primary N) is 1. The minimum atomic E-state index is -3.79. The summed E-state index contributed by atoms with van der Waals surface area (Å²) in [5, 5.41) is 5.52. The lowest BCUT2D eigenvalue weighted by molar-refractivity contribution is -0.118. The molecule has 1 saturated heterocycles. The molecule has 1 amide bonds. The second-order valence-corrected chi connectivity index (χ2v) is 14.2. The number of nitrogens with one attached hydrogen (secondary N) is 2. The number of carbonyl (C=O) groups excluding carboxylic acids is 2. The van der Waals surface area contributed by atoms with E-state index in [0.717, 1.165) is 17.3 Å². The molecule has 2 aromatic heterocycles. The summed E-state index contributed by atoms with van der Waals surface area (Å²) >= 11 is 1.09. The highest BCUT2D eigenvalue weighted by Crippen LogP contribution is 2.46. The number of nitrogens with zero attached hydrogens (tertiary/aromatic N) is 4. The number of ether oxygens (including phenoxy) is 2. The monoisotopic (exact) mass is 663 g/mol. The van der Waals surface area contributed by atoms with E-state index < -0.39 is 19.3 Å². The zero-order valence-electron chi connectivity index (χ0n) is 26.0. The van der Waals surface area contributed by atoms with Gasteiger partial charge in [-0.3, -0.25) is 18.4 Å². The highest BCUT2D eigenvalue weighted by molar-refractivity contribution is 8.13. The van der Waals surface area contributed by atoms with Crippen LogP contribution in [0.1, 0.15) is 52.3 Å². The Balaban J connectivity index is 1.31. The standard InChI is InChI=1S/C29H42N7O7PS/c1-5-40-28(38)31-12-11-29(3,4)27(37)45-14-13-41-44(39,35-16-21-9-7-6-8-10-21)42-17-22-15-20(2)26(43-22)36-19-34-23-24(30)32-18-33-25(23)36/h6-10,18-20,22,26H,5,11-17H2,1-4H3,(H,31,38)(H,35,39)(H2,30,32,33). The first-order chi connectivity index (χ1) is 21.5. The quantitative estimate of drug-likeness (QED) is 0.142. The Morgan fingerprint density at radius 3 is 2.73 bits per heavy atom. The van der Waals surface area contributed by atoms with E-state index in [1.54, 1.807) is 13.3 Å². The van der Waals surface area contributed by atoms with Crippen LogP contribution in [0.5, 0.6) is 0 Å². The Labute approximate surface area is 267 Å². The van der Waals surface area contributed by atoms with Crippen LogP contribution >= 0.6 is 19.5 Å². The Kier molecular flexibility index (Phi) is 12.3. The largest absolute Gasteiger partial charge is 0.450 e. The molecule has 1 aliphatic heterocycles. The van der Waals surface area contributed by atoms with E-state index in [2.05, 4.69) is 25.4 Å². The molecule has 45 heavy (non-hydrogen) atoms. The minimum absolute atomic E-state index is 0.0132. The van der Waals surface area contributed by atoms with Crippen LogP contribution in [0.3, 0.4) is 0 Å². The molecule has 4 rings (SSSR count). The van der Waals surface area contributed by atoms with E-state index in [1.165, 1.54) is 6.33 Å². The number of aromatic nitrogens is 4. The number of benzene rings is 1. The van der Waals surface area contributed by atoms with Crippen LogP contribution in [0, 0.1) is 11.3 Å². The third kappa shape index (κ3) is 9.71. The molecule has 1 aliphatic rings. The third-order valence-electron chi connectivity index (χ3n) is 7.29. The van der Waals surface area contributed by atoms with Gasteiger partial charge in [0, 0.05) is 30.2 Å². The number of anilines is 1. The molecule has 4 N–H and O–H groups in total. The minimum Gasteiger partial charge on any atom is -0.450 e. The number of carbonyl (C=O) groups is 2. The van der Waals surface area contributed by atoms with Crippen LogP contribution in [0.25, 0.3) is 11.2 Å². The van der Waals surface area contributed by atoms with Gasteiger partial charge in [-0.05, 0) is 25.3 Å². The maximum atomic E-state index is 13.8. The first-order valence-electron chi connectivity index (χ1n) is 14.9. The molecule has 0 spiro atoms. The first-order valence-corrected chi connectivity index (χ1v) is 17.4. The van der Waals surface area contributed by atoms with Crippen molar-refractivity contribution in [2.24, 2.45) is 11.3 Å². The van der Waals surface area contributed by atoms with Crippen molar-refractivity contribution in [1.82, 2.24) is 29.9 Å². The fourth-order valence-electron chi connectivity index (χ4n) is 4.76. The van der Waals surface area contributed by atoms with Crippen molar-refractivity contribution < 1.29 is 32.7 Å². The number of fused-ring (bicyclic) bond motifs is 1. The number of nitrogen functional groups attached to an aromatic ring is 1. The SMILES string of the molecule is CCOC(=O)NCCC(C)(C)C(=O)SCCOP(=O)(NCc1ccccc1)OCC1CC(C)C(n2cnc3c(N)ncnc32)O1. The van der Waals surface area contributed by atoms with Crippen LogP contribution in [0.15, 0.2) is 43.0 Å². The van der Waals surface area contributed by atoms with E-state index in [1.807, 2.05) is 55.7 Å². The zero-order chi connectivity index (χ0) is 32.5. The summed E-state index contributed by atoms with van der Waals surface area (Å²) in [5.41, 5.74) is 7.24. The predicted octanol–water partition coefficient (Wildman–Crippen LogP) is 4.69. The second-order valence-electron chi connectivity index (χ2n) is 11.3. The van der Waals surface area contributed by atoms with Crippen molar-refractivity contribution in [2.75, 3.05) is 37.9 Å². The first kappa shape index (κ1) is 34.8. The molecule has 246 valence electrons. The zero-order valence-corrected chi connectivity index (χ0v) is 27.7. The summed E-state index contributed by atoms with van der Waals surface area (Å²) < 4.78 is 38.5. The number of imidazole rings is 1. The van der Waals surface area contributed by atoms with Gasteiger partial charge >= 0.3 is 13.8 Å². The Morgan fingerprint density at radius 1 is 1.20 bits per heavy atom. The van der Waals surface area contributed by atoms with E-state index >= 15 is 0 Å². The molecule has 3 aromatic rings. The summed E-state index contributed by atoms with van der Waals surface area (Å²) in [7, 11) is -3.79. The van der Waals surface area contributed by atoms with Crippen molar-refractivity contribution >= 4 is 47.7 Å². The Hall–Kier alpha value is -3.07. The van der Waals surface area contributed by atoms with Crippen LogP contribution in [-0.4, -0.2) is 68.9 Å². The predicted molar refractivity (Wildman–Crippen MR) is 171 cm³/mol. The fourth-order valence-corrected chi connectivity index (χ4v) is 7.06. The maximum absolute atomic E-state index is 13.8. The highest BCUT2D eigenvalue weighted by atomic mass is 32.2. The summed E-state index contributed by atoms with van der Waals surface area (Å²) in [6.07, 6.45) is 2.86. The smallest absolute Gasteiger partial charge is 0.407 e. The third-order valence-corrected chi connectivity index (χ3v) is 10.0. The van der Waals surface area contributed by atoms with Gasteiger partial charge in [-0.15, -0.1) is 0 Å². The fraction of sp³-hybridized carbons (Fsp3) is 0.552. The maximum Gasteiger partial charge on any atom is 0.407 e. The van der Waals surface area contributed by atoms with E-state index in [9.17, 15) is 14.2 Å². The Bertz CT molecular complexity index is 1480. The van der Waals surface area contributed by atoms with Crippen molar-refractivity contribution in [3.05, 3.63) is 48.5 Å². The van der Waals surface area contributed by atoms with Gasteiger partial charge in [0.15, 0.2) is 16.6 Å². The van der Waals surface area contributed by atoms with Crippen LogP contribution in [-0.2, 0) is 34.4 Å². The summed E-state index contributed by atoms with van der Waals surface area (Å²) in [6.45, 7) is 8.29. The van der Waals surface area contributed by atoms with Gasteiger partial charge in [0.2, 0.25) is 0 Å². The molecule has 1 fully saturated rings. The van der Waals surface area contributed by atoms with Gasteiger partial charge in [-0.2, -0.15) is 0 Å². The van der Waals surface area contributed by atoms with Gasteiger partial charge < -0.3 is 20.5 Å². The normalized spacial score (nSPS) is 19.8. The molecule has 14 nitrogen and oxygen atoms in total. The molecule has 0 saturated carbocycles. The number of thioether (sulfide) groups is 1. The molecule has 4 unspecified atom stereocenters. The number of hydrogen-bond acceptors (Lipinski definition) is 12.